The minimum Gasteiger partial charge on any atom is -0.306 e. The summed E-state index contributed by atoms with van der Waals surface area (Å²) in [6, 6.07) is 2.60. The molecule has 0 aliphatic heterocycles. The molecule has 0 saturated heterocycles. The maximum absolute atomic E-state index is 4.57. The Bertz CT molecular complexity index is 315. The third kappa shape index (κ3) is 3.63. The maximum atomic E-state index is 4.57. The Kier molecular flexibility index (Phi) is 4.54. The van der Waals surface area contributed by atoms with Gasteiger partial charge in [-0.15, -0.1) is 0 Å². The third-order valence-corrected chi connectivity index (χ3v) is 3.34. The highest BCUT2D eigenvalue weighted by Crippen LogP contribution is 2.11. The molecule has 1 unspecified atom stereocenters. The molecular formula is C13H25N3. The lowest BCUT2D eigenvalue weighted by atomic mass is 10.0. The van der Waals surface area contributed by atoms with Gasteiger partial charge in [-0.2, -0.15) is 5.10 Å². The van der Waals surface area contributed by atoms with E-state index in [1.165, 1.54) is 0 Å². The molecule has 0 aliphatic rings. The van der Waals surface area contributed by atoms with Gasteiger partial charge in [0.25, 0.3) is 0 Å². The highest BCUT2D eigenvalue weighted by Gasteiger charge is 2.14. The summed E-state index contributed by atoms with van der Waals surface area (Å²) in [6.07, 6.45) is 4.32. The van der Waals surface area contributed by atoms with Gasteiger partial charge >= 0.3 is 0 Å². The summed E-state index contributed by atoms with van der Waals surface area (Å²) in [6.45, 7) is 11.9. The van der Waals surface area contributed by atoms with E-state index >= 15 is 0 Å². The Morgan fingerprint density at radius 3 is 2.69 bits per heavy atom. The van der Waals surface area contributed by atoms with Crippen molar-refractivity contribution < 1.29 is 0 Å². The van der Waals surface area contributed by atoms with Gasteiger partial charge in [0.1, 0.15) is 0 Å². The number of hydrogen-bond acceptors (Lipinski definition) is 2. The fourth-order valence-electron chi connectivity index (χ4n) is 1.36. The van der Waals surface area contributed by atoms with Crippen molar-refractivity contribution in [2.24, 2.45) is 0 Å². The molecule has 92 valence electrons. The second kappa shape index (κ2) is 5.48. The van der Waals surface area contributed by atoms with Crippen LogP contribution in [-0.2, 0) is 6.54 Å². The number of nitrogens with zero attached hydrogens (tertiary/aromatic N) is 2. The summed E-state index contributed by atoms with van der Waals surface area (Å²) in [5.41, 5.74) is 1.32. The zero-order chi connectivity index (χ0) is 12.2. The monoisotopic (exact) mass is 223 g/mol. The fourth-order valence-corrected chi connectivity index (χ4v) is 1.36. The zero-order valence-electron chi connectivity index (χ0n) is 11.2. The average Bonchev–Trinajstić information content (AvgIpc) is 2.74. The standard InChI is InChI=1S/C13H25N3/c1-6-11(3)16-9-8-12(15-16)10-14-13(4,5)7-2/h8-9,11,14H,6-7,10H2,1-5H3. The molecule has 1 rings (SSSR count). The largest absolute Gasteiger partial charge is 0.306 e. The van der Waals surface area contributed by atoms with Crippen LogP contribution < -0.4 is 5.32 Å². The molecule has 16 heavy (non-hydrogen) atoms. The molecule has 0 spiro atoms. The van der Waals surface area contributed by atoms with Crippen LogP contribution in [0, 0.1) is 0 Å². The first-order valence-corrected chi connectivity index (χ1v) is 6.27. The van der Waals surface area contributed by atoms with Crippen molar-refractivity contribution in [1.29, 1.82) is 0 Å². The van der Waals surface area contributed by atoms with Gasteiger partial charge < -0.3 is 5.32 Å². The smallest absolute Gasteiger partial charge is 0.0762 e. The first kappa shape index (κ1) is 13.2. The SMILES string of the molecule is CCC(C)n1ccc(CNC(C)(C)CC)n1. The van der Waals surface area contributed by atoms with E-state index in [-0.39, 0.29) is 5.54 Å². The second-order valence-corrected chi connectivity index (χ2v) is 5.14. The highest BCUT2D eigenvalue weighted by atomic mass is 15.3. The van der Waals surface area contributed by atoms with Crippen LogP contribution >= 0.6 is 0 Å². The lowest BCUT2D eigenvalue weighted by molar-refractivity contribution is 0.369. The molecule has 1 heterocycles. The van der Waals surface area contributed by atoms with E-state index in [1.54, 1.807) is 0 Å². The van der Waals surface area contributed by atoms with E-state index in [2.05, 4.69) is 62.0 Å². The molecule has 3 heteroatoms. The minimum atomic E-state index is 0.195. The van der Waals surface area contributed by atoms with Crippen molar-refractivity contribution in [2.75, 3.05) is 0 Å². The number of aromatic nitrogens is 2. The molecular weight excluding hydrogens is 198 g/mol. The normalized spacial score (nSPS) is 14.1. The van der Waals surface area contributed by atoms with Crippen LogP contribution in [0.25, 0.3) is 0 Å². The summed E-state index contributed by atoms with van der Waals surface area (Å²) >= 11 is 0. The average molecular weight is 223 g/mol. The van der Waals surface area contributed by atoms with Crippen molar-refractivity contribution in [1.82, 2.24) is 15.1 Å². The van der Waals surface area contributed by atoms with Crippen LogP contribution in [0.4, 0.5) is 0 Å². The minimum absolute atomic E-state index is 0.195. The molecule has 0 amide bonds. The number of hydrogen-bond donors (Lipinski definition) is 1. The lowest BCUT2D eigenvalue weighted by Gasteiger charge is -2.23. The molecule has 0 bridgehead atoms. The Labute approximate surface area is 99.2 Å². The predicted octanol–water partition coefficient (Wildman–Crippen LogP) is 3.13. The van der Waals surface area contributed by atoms with E-state index < -0.39 is 0 Å². The topological polar surface area (TPSA) is 29.9 Å². The van der Waals surface area contributed by atoms with Gasteiger partial charge in [-0.1, -0.05) is 13.8 Å². The molecule has 0 fully saturated rings. The molecule has 0 aromatic carbocycles. The van der Waals surface area contributed by atoms with E-state index in [1.807, 2.05) is 0 Å². The molecule has 0 saturated carbocycles. The predicted molar refractivity (Wildman–Crippen MR) is 68.4 cm³/mol. The van der Waals surface area contributed by atoms with Crippen molar-refractivity contribution in [3.8, 4) is 0 Å². The molecule has 0 aliphatic carbocycles. The number of rotatable bonds is 6. The third-order valence-electron chi connectivity index (χ3n) is 3.34. The van der Waals surface area contributed by atoms with Gasteiger partial charge in [0.15, 0.2) is 0 Å². The van der Waals surface area contributed by atoms with Crippen LogP contribution in [0.1, 0.15) is 59.2 Å². The van der Waals surface area contributed by atoms with Gasteiger partial charge in [-0.05, 0) is 39.7 Å². The van der Waals surface area contributed by atoms with Crippen LogP contribution in [0.15, 0.2) is 12.3 Å². The Morgan fingerprint density at radius 2 is 2.12 bits per heavy atom. The maximum Gasteiger partial charge on any atom is 0.0762 e. The highest BCUT2D eigenvalue weighted by molar-refractivity contribution is 5.00. The second-order valence-electron chi connectivity index (χ2n) is 5.14. The molecule has 0 radical (unpaired) electrons. The van der Waals surface area contributed by atoms with Gasteiger partial charge in [-0.3, -0.25) is 4.68 Å². The van der Waals surface area contributed by atoms with E-state index in [0.29, 0.717) is 6.04 Å². The first-order chi connectivity index (χ1) is 7.48. The fraction of sp³-hybridized carbons (Fsp3) is 0.769. The van der Waals surface area contributed by atoms with Gasteiger partial charge in [0.05, 0.1) is 5.69 Å². The van der Waals surface area contributed by atoms with E-state index in [4.69, 9.17) is 0 Å². The first-order valence-electron chi connectivity index (χ1n) is 6.27. The number of nitrogens with one attached hydrogen (secondary N) is 1. The Morgan fingerprint density at radius 1 is 1.44 bits per heavy atom. The Balaban J connectivity index is 2.53. The molecule has 1 N–H and O–H groups in total. The van der Waals surface area contributed by atoms with Crippen molar-refractivity contribution in [3.63, 3.8) is 0 Å². The van der Waals surface area contributed by atoms with Crippen molar-refractivity contribution >= 4 is 0 Å². The van der Waals surface area contributed by atoms with E-state index in [0.717, 1.165) is 25.1 Å². The van der Waals surface area contributed by atoms with Gasteiger partial charge in [0.2, 0.25) is 0 Å². The van der Waals surface area contributed by atoms with Crippen LogP contribution in [0.2, 0.25) is 0 Å². The van der Waals surface area contributed by atoms with Crippen molar-refractivity contribution in [3.05, 3.63) is 18.0 Å². The molecule has 1 atom stereocenters. The molecule has 1 aromatic rings. The summed E-state index contributed by atoms with van der Waals surface area (Å²) < 4.78 is 2.05. The zero-order valence-corrected chi connectivity index (χ0v) is 11.2. The van der Waals surface area contributed by atoms with Gasteiger partial charge in [0, 0.05) is 24.3 Å². The van der Waals surface area contributed by atoms with Crippen LogP contribution in [0.3, 0.4) is 0 Å². The van der Waals surface area contributed by atoms with E-state index in [9.17, 15) is 0 Å². The van der Waals surface area contributed by atoms with Crippen molar-refractivity contribution in [2.45, 2.75) is 65.6 Å². The van der Waals surface area contributed by atoms with Crippen LogP contribution in [-0.4, -0.2) is 15.3 Å². The summed E-state index contributed by atoms with van der Waals surface area (Å²) in [5.74, 6) is 0. The summed E-state index contributed by atoms with van der Waals surface area (Å²) in [5, 5.41) is 8.09. The Hall–Kier alpha value is -0.830. The van der Waals surface area contributed by atoms with Gasteiger partial charge in [-0.25, -0.2) is 0 Å². The summed E-state index contributed by atoms with van der Waals surface area (Å²) in [7, 11) is 0. The van der Waals surface area contributed by atoms with Crippen LogP contribution in [0.5, 0.6) is 0 Å². The molecule has 1 aromatic heterocycles. The quantitative estimate of drug-likeness (QED) is 0.803. The lowest BCUT2D eigenvalue weighted by Crippen LogP contribution is -2.37. The summed E-state index contributed by atoms with van der Waals surface area (Å²) in [4.78, 5) is 0. The molecule has 3 nitrogen and oxygen atoms in total.